The van der Waals surface area contributed by atoms with Crippen molar-refractivity contribution in [2.24, 2.45) is 11.1 Å². The highest BCUT2D eigenvalue weighted by Crippen LogP contribution is 2.29. The Morgan fingerprint density at radius 2 is 2.27 bits per heavy atom. The fraction of sp³-hybridized carbons (Fsp3) is 0.471. The molecule has 0 spiro atoms. The first kappa shape index (κ1) is 15.7. The summed E-state index contributed by atoms with van der Waals surface area (Å²) in [6.45, 7) is 7.17. The summed E-state index contributed by atoms with van der Waals surface area (Å²) >= 11 is 3.48. The number of nitrogens with zero attached hydrogens (tertiary/aromatic N) is 2. The molecule has 0 saturated carbocycles. The van der Waals surface area contributed by atoms with Crippen LogP contribution in [0.2, 0.25) is 0 Å². The lowest BCUT2D eigenvalue weighted by Crippen LogP contribution is -2.52. The lowest BCUT2D eigenvalue weighted by Gasteiger charge is -2.42. The standard InChI is InChI=1S/C17H22BrN3O/c1-17(2)11-21(7-6-15(17)19)10-16-20-9-14(22-16)12-4-3-5-13(18)8-12/h3-5,8-9,15H,6-7,10-11,19H2,1-2H3. The number of oxazole rings is 1. The van der Waals surface area contributed by atoms with E-state index in [1.54, 1.807) is 6.20 Å². The summed E-state index contributed by atoms with van der Waals surface area (Å²) in [5.41, 5.74) is 7.37. The largest absolute Gasteiger partial charge is 0.439 e. The van der Waals surface area contributed by atoms with Gasteiger partial charge in [0, 0.05) is 29.2 Å². The average molecular weight is 364 g/mol. The second-order valence-electron chi connectivity index (χ2n) is 6.72. The first-order valence-electron chi connectivity index (χ1n) is 7.63. The number of hydrogen-bond donors (Lipinski definition) is 1. The summed E-state index contributed by atoms with van der Waals surface area (Å²) in [6, 6.07) is 8.33. The fourth-order valence-electron chi connectivity index (χ4n) is 2.97. The van der Waals surface area contributed by atoms with Crippen LogP contribution >= 0.6 is 15.9 Å². The molecule has 1 atom stereocenters. The van der Waals surface area contributed by atoms with E-state index in [2.05, 4.69) is 39.7 Å². The highest BCUT2D eigenvalue weighted by molar-refractivity contribution is 9.10. The van der Waals surface area contributed by atoms with Gasteiger partial charge in [-0.2, -0.15) is 0 Å². The third-order valence-corrected chi connectivity index (χ3v) is 4.91. The maximum atomic E-state index is 6.19. The number of hydrogen-bond acceptors (Lipinski definition) is 4. The van der Waals surface area contributed by atoms with E-state index in [-0.39, 0.29) is 11.5 Å². The number of aromatic nitrogens is 1. The van der Waals surface area contributed by atoms with Crippen LogP contribution in [0.4, 0.5) is 0 Å². The molecule has 0 bridgehead atoms. The van der Waals surface area contributed by atoms with E-state index in [0.717, 1.165) is 47.7 Å². The summed E-state index contributed by atoms with van der Waals surface area (Å²) < 4.78 is 6.95. The van der Waals surface area contributed by atoms with Gasteiger partial charge in [-0.05, 0) is 24.0 Å². The Bertz CT molecular complexity index is 653. The highest BCUT2D eigenvalue weighted by atomic mass is 79.9. The van der Waals surface area contributed by atoms with Crippen molar-refractivity contribution in [2.45, 2.75) is 32.9 Å². The Morgan fingerprint density at radius 1 is 1.45 bits per heavy atom. The van der Waals surface area contributed by atoms with Crippen molar-refractivity contribution in [1.82, 2.24) is 9.88 Å². The van der Waals surface area contributed by atoms with Crippen molar-refractivity contribution in [3.63, 3.8) is 0 Å². The summed E-state index contributed by atoms with van der Waals surface area (Å²) in [5, 5.41) is 0. The molecule has 1 unspecified atom stereocenters. The van der Waals surface area contributed by atoms with Gasteiger partial charge < -0.3 is 10.2 Å². The number of likely N-dealkylation sites (tertiary alicyclic amines) is 1. The van der Waals surface area contributed by atoms with Gasteiger partial charge in [0.25, 0.3) is 0 Å². The number of nitrogens with two attached hydrogens (primary N) is 1. The molecular weight excluding hydrogens is 342 g/mol. The normalized spacial score (nSPS) is 21.9. The zero-order chi connectivity index (χ0) is 15.7. The number of halogens is 1. The minimum Gasteiger partial charge on any atom is -0.439 e. The topological polar surface area (TPSA) is 55.3 Å². The maximum absolute atomic E-state index is 6.19. The second kappa shape index (κ2) is 6.14. The van der Waals surface area contributed by atoms with Crippen molar-refractivity contribution in [3.8, 4) is 11.3 Å². The lowest BCUT2D eigenvalue weighted by atomic mass is 9.80. The van der Waals surface area contributed by atoms with Gasteiger partial charge in [0.15, 0.2) is 5.76 Å². The molecule has 4 nitrogen and oxygen atoms in total. The van der Waals surface area contributed by atoms with Gasteiger partial charge in [0.1, 0.15) is 0 Å². The van der Waals surface area contributed by atoms with E-state index >= 15 is 0 Å². The number of piperidine rings is 1. The predicted molar refractivity (Wildman–Crippen MR) is 91.3 cm³/mol. The smallest absolute Gasteiger partial charge is 0.209 e. The average Bonchev–Trinajstić information content (AvgIpc) is 2.91. The molecule has 1 saturated heterocycles. The Labute approximate surface area is 139 Å². The molecule has 22 heavy (non-hydrogen) atoms. The SMILES string of the molecule is CC1(C)CN(Cc2ncc(-c3cccc(Br)c3)o2)CCC1N. The van der Waals surface area contributed by atoms with E-state index in [1.165, 1.54) is 0 Å². The Hall–Kier alpha value is -1.17. The summed E-state index contributed by atoms with van der Waals surface area (Å²) in [4.78, 5) is 6.80. The Balaban J connectivity index is 1.70. The molecule has 2 aromatic rings. The van der Waals surface area contributed by atoms with Crippen LogP contribution < -0.4 is 5.73 Å². The van der Waals surface area contributed by atoms with E-state index < -0.39 is 0 Å². The van der Waals surface area contributed by atoms with Crippen molar-refractivity contribution in [3.05, 3.63) is 40.8 Å². The number of benzene rings is 1. The van der Waals surface area contributed by atoms with Crippen LogP contribution in [-0.2, 0) is 6.54 Å². The van der Waals surface area contributed by atoms with E-state index in [9.17, 15) is 0 Å². The van der Waals surface area contributed by atoms with Crippen LogP contribution in [0.1, 0.15) is 26.2 Å². The first-order valence-corrected chi connectivity index (χ1v) is 8.42. The van der Waals surface area contributed by atoms with Crippen molar-refractivity contribution in [2.75, 3.05) is 13.1 Å². The Morgan fingerprint density at radius 3 is 3.00 bits per heavy atom. The zero-order valence-corrected chi connectivity index (χ0v) is 14.6. The van der Waals surface area contributed by atoms with Crippen LogP contribution in [0.3, 0.4) is 0 Å². The van der Waals surface area contributed by atoms with E-state index in [4.69, 9.17) is 10.2 Å². The monoisotopic (exact) mass is 363 g/mol. The maximum Gasteiger partial charge on any atom is 0.209 e. The second-order valence-corrected chi connectivity index (χ2v) is 7.64. The zero-order valence-electron chi connectivity index (χ0n) is 13.1. The van der Waals surface area contributed by atoms with E-state index in [0.29, 0.717) is 0 Å². The van der Waals surface area contributed by atoms with Gasteiger partial charge >= 0.3 is 0 Å². The van der Waals surface area contributed by atoms with Gasteiger partial charge in [-0.15, -0.1) is 0 Å². The summed E-state index contributed by atoms with van der Waals surface area (Å²) in [6.07, 6.45) is 2.82. The molecule has 0 aliphatic carbocycles. The third kappa shape index (κ3) is 3.42. The molecular formula is C17H22BrN3O. The van der Waals surface area contributed by atoms with Crippen LogP contribution in [0.15, 0.2) is 39.4 Å². The molecule has 2 N–H and O–H groups in total. The molecule has 118 valence electrons. The highest BCUT2D eigenvalue weighted by Gasteiger charge is 2.33. The third-order valence-electron chi connectivity index (χ3n) is 4.41. The molecule has 1 fully saturated rings. The number of rotatable bonds is 3. The van der Waals surface area contributed by atoms with Gasteiger partial charge in [0.2, 0.25) is 5.89 Å². The molecule has 1 aliphatic heterocycles. The summed E-state index contributed by atoms with van der Waals surface area (Å²) in [5.74, 6) is 1.57. The van der Waals surface area contributed by atoms with Gasteiger partial charge in [-0.25, -0.2) is 4.98 Å². The van der Waals surface area contributed by atoms with E-state index in [1.807, 2.05) is 24.3 Å². The van der Waals surface area contributed by atoms with Crippen LogP contribution in [0.5, 0.6) is 0 Å². The van der Waals surface area contributed by atoms with Crippen molar-refractivity contribution in [1.29, 1.82) is 0 Å². The quantitative estimate of drug-likeness (QED) is 0.903. The molecule has 3 rings (SSSR count). The van der Waals surface area contributed by atoms with Gasteiger partial charge in [-0.1, -0.05) is 41.9 Å². The van der Waals surface area contributed by atoms with Gasteiger partial charge in [-0.3, -0.25) is 4.90 Å². The predicted octanol–water partition coefficient (Wildman–Crippen LogP) is 3.66. The minimum atomic E-state index is 0.137. The van der Waals surface area contributed by atoms with Crippen molar-refractivity contribution < 1.29 is 4.42 Å². The first-order chi connectivity index (χ1) is 10.4. The molecule has 2 heterocycles. The molecule has 1 aliphatic rings. The molecule has 1 aromatic carbocycles. The fourth-order valence-corrected chi connectivity index (χ4v) is 3.37. The molecule has 0 amide bonds. The summed E-state index contributed by atoms with van der Waals surface area (Å²) in [7, 11) is 0. The molecule has 0 radical (unpaired) electrons. The van der Waals surface area contributed by atoms with Crippen LogP contribution in [0, 0.1) is 5.41 Å². The minimum absolute atomic E-state index is 0.137. The van der Waals surface area contributed by atoms with Crippen LogP contribution in [0.25, 0.3) is 11.3 Å². The van der Waals surface area contributed by atoms with Crippen LogP contribution in [-0.4, -0.2) is 29.0 Å². The molecule has 1 aromatic heterocycles. The Kier molecular flexibility index (Phi) is 4.39. The lowest BCUT2D eigenvalue weighted by molar-refractivity contribution is 0.0832. The van der Waals surface area contributed by atoms with Crippen molar-refractivity contribution >= 4 is 15.9 Å². The van der Waals surface area contributed by atoms with Gasteiger partial charge in [0.05, 0.1) is 12.7 Å². The molecule has 5 heteroatoms.